The Kier molecular flexibility index (Phi) is 0.483. The molecule has 2 aliphatic rings. The first-order chi connectivity index (χ1) is 3.79. The molecule has 2 fully saturated rings. The summed E-state index contributed by atoms with van der Waals surface area (Å²) in [6.07, 6.45) is 1.68. The summed E-state index contributed by atoms with van der Waals surface area (Å²) in [5.74, 6) is -0.387. The molecule has 0 N–H and O–H groups in total. The second-order valence-electron chi connectivity index (χ2n) is 1.96. The lowest BCUT2D eigenvalue weighted by atomic mass is 10.2. The third-order valence-electron chi connectivity index (χ3n) is 1.45. The minimum atomic E-state index is -0.387. The van der Waals surface area contributed by atoms with E-state index in [2.05, 4.69) is 13.2 Å². The molecule has 0 saturated carbocycles. The molecule has 2 rings (SSSR count). The number of hydrogen-bond acceptors (Lipinski definition) is 2. The molecule has 2 saturated heterocycles. The van der Waals surface area contributed by atoms with Crippen molar-refractivity contribution >= 4 is 0 Å². The van der Waals surface area contributed by atoms with Crippen molar-refractivity contribution in [3.63, 3.8) is 0 Å². The summed E-state index contributed by atoms with van der Waals surface area (Å²) in [5, 5.41) is 0. The topological polar surface area (TPSA) is 25.1 Å². The highest BCUT2D eigenvalue weighted by Gasteiger charge is 2.78. The Labute approximate surface area is 47.4 Å². The number of rotatable bonds is 2. The second-order valence-corrected chi connectivity index (χ2v) is 1.96. The Morgan fingerprint density at radius 2 is 2.12 bits per heavy atom. The SMILES string of the molecule is C=CC(=C)C12OC1O2. The van der Waals surface area contributed by atoms with Crippen LogP contribution in [0, 0.1) is 0 Å². The molecule has 0 unspecified atom stereocenters. The van der Waals surface area contributed by atoms with Crippen LogP contribution in [0.1, 0.15) is 0 Å². The normalized spacial score (nSPS) is 47.2. The highest BCUT2D eigenvalue weighted by atomic mass is 17.0. The van der Waals surface area contributed by atoms with Crippen LogP contribution in [0.25, 0.3) is 0 Å². The van der Waals surface area contributed by atoms with E-state index in [1.807, 2.05) is 0 Å². The molecule has 0 atom stereocenters. The second kappa shape index (κ2) is 0.900. The highest BCUT2D eigenvalue weighted by molar-refractivity contribution is 5.34. The van der Waals surface area contributed by atoms with Crippen molar-refractivity contribution in [3.05, 3.63) is 24.8 Å². The Morgan fingerprint density at radius 3 is 2.25 bits per heavy atom. The maximum atomic E-state index is 4.95. The average molecular weight is 110 g/mol. The Bertz CT molecular complexity index is 165. The number of fused-ring (bicyclic) bond motifs is 1. The summed E-state index contributed by atoms with van der Waals surface area (Å²) >= 11 is 0. The van der Waals surface area contributed by atoms with Gasteiger partial charge in [0.15, 0.2) is 0 Å². The summed E-state index contributed by atoms with van der Waals surface area (Å²) in [7, 11) is 0. The average Bonchev–Trinajstić information content (AvgIpc) is 2.45. The van der Waals surface area contributed by atoms with Crippen LogP contribution in [-0.4, -0.2) is 12.1 Å². The minimum Gasteiger partial charge on any atom is -0.306 e. The van der Waals surface area contributed by atoms with Gasteiger partial charge in [0.05, 0.1) is 0 Å². The van der Waals surface area contributed by atoms with Gasteiger partial charge in [-0.2, -0.15) is 0 Å². The summed E-state index contributed by atoms with van der Waals surface area (Å²) < 4.78 is 9.91. The van der Waals surface area contributed by atoms with Gasteiger partial charge < -0.3 is 9.47 Å². The van der Waals surface area contributed by atoms with E-state index in [-0.39, 0.29) is 12.1 Å². The van der Waals surface area contributed by atoms with E-state index >= 15 is 0 Å². The Balaban J connectivity index is 2.17. The largest absolute Gasteiger partial charge is 0.306 e. The van der Waals surface area contributed by atoms with Gasteiger partial charge in [-0.15, -0.1) is 0 Å². The molecule has 8 heavy (non-hydrogen) atoms. The fourth-order valence-corrected chi connectivity index (χ4v) is 0.704. The summed E-state index contributed by atoms with van der Waals surface area (Å²) in [6.45, 7) is 7.21. The maximum absolute atomic E-state index is 4.95. The standard InChI is InChI=1S/C6H6O2/c1-3-4(2)6-5(7-6)8-6/h3,5H,1-2H2. The zero-order valence-electron chi connectivity index (χ0n) is 4.39. The third kappa shape index (κ3) is 0.278. The van der Waals surface area contributed by atoms with E-state index < -0.39 is 0 Å². The fraction of sp³-hybridized carbons (Fsp3) is 0.333. The van der Waals surface area contributed by atoms with Crippen LogP contribution in [0.15, 0.2) is 24.8 Å². The highest BCUT2D eigenvalue weighted by Crippen LogP contribution is 2.60. The zero-order chi connectivity index (χ0) is 5.78. The van der Waals surface area contributed by atoms with E-state index in [0.29, 0.717) is 0 Å². The first-order valence-corrected chi connectivity index (χ1v) is 2.47. The van der Waals surface area contributed by atoms with Crippen LogP contribution < -0.4 is 0 Å². The molecule has 0 amide bonds. The van der Waals surface area contributed by atoms with E-state index in [1.54, 1.807) is 6.08 Å². The number of hydrogen-bond donors (Lipinski definition) is 0. The first kappa shape index (κ1) is 4.30. The Hall–Kier alpha value is -0.600. The van der Waals surface area contributed by atoms with Crippen molar-refractivity contribution in [2.45, 2.75) is 12.1 Å². The summed E-state index contributed by atoms with van der Waals surface area (Å²) in [5.41, 5.74) is 0.836. The molecule has 2 nitrogen and oxygen atoms in total. The van der Waals surface area contributed by atoms with Crippen molar-refractivity contribution < 1.29 is 9.47 Å². The van der Waals surface area contributed by atoms with Gasteiger partial charge in [0.25, 0.3) is 5.79 Å². The van der Waals surface area contributed by atoms with Gasteiger partial charge in [0, 0.05) is 5.57 Å². The molecule has 2 heterocycles. The molecule has 0 spiro atoms. The summed E-state index contributed by atoms with van der Waals surface area (Å²) in [4.78, 5) is 0. The Morgan fingerprint density at radius 1 is 1.62 bits per heavy atom. The summed E-state index contributed by atoms with van der Waals surface area (Å²) in [6, 6.07) is 0. The molecular formula is C6H6O2. The molecule has 2 heteroatoms. The van der Waals surface area contributed by atoms with Gasteiger partial charge in [-0.05, 0) is 0 Å². The monoisotopic (exact) mass is 110 g/mol. The van der Waals surface area contributed by atoms with Gasteiger partial charge >= 0.3 is 0 Å². The molecule has 0 aromatic rings. The minimum absolute atomic E-state index is 0.0213. The molecule has 0 radical (unpaired) electrons. The number of epoxide rings is 2. The lowest BCUT2D eigenvalue weighted by Gasteiger charge is -1.95. The van der Waals surface area contributed by atoms with Crippen LogP contribution in [-0.2, 0) is 9.47 Å². The van der Waals surface area contributed by atoms with Crippen LogP contribution >= 0.6 is 0 Å². The van der Waals surface area contributed by atoms with Crippen molar-refractivity contribution in [3.8, 4) is 0 Å². The fourth-order valence-electron chi connectivity index (χ4n) is 0.704. The predicted molar refractivity (Wildman–Crippen MR) is 28.0 cm³/mol. The lowest BCUT2D eigenvalue weighted by molar-refractivity contribution is -0.0299. The van der Waals surface area contributed by atoms with Crippen LogP contribution in [0.2, 0.25) is 0 Å². The van der Waals surface area contributed by atoms with Crippen molar-refractivity contribution in [2.75, 3.05) is 0 Å². The van der Waals surface area contributed by atoms with Crippen LogP contribution in [0.3, 0.4) is 0 Å². The van der Waals surface area contributed by atoms with Crippen molar-refractivity contribution in [2.24, 2.45) is 0 Å². The van der Waals surface area contributed by atoms with Crippen LogP contribution in [0.5, 0.6) is 0 Å². The lowest BCUT2D eigenvalue weighted by Crippen LogP contribution is -1.98. The van der Waals surface area contributed by atoms with Gasteiger partial charge in [-0.3, -0.25) is 0 Å². The van der Waals surface area contributed by atoms with Crippen LogP contribution in [0.4, 0.5) is 0 Å². The van der Waals surface area contributed by atoms with Gasteiger partial charge in [-0.25, -0.2) is 0 Å². The van der Waals surface area contributed by atoms with Gasteiger partial charge in [-0.1, -0.05) is 19.2 Å². The van der Waals surface area contributed by atoms with E-state index in [9.17, 15) is 0 Å². The van der Waals surface area contributed by atoms with Crippen molar-refractivity contribution in [1.29, 1.82) is 0 Å². The molecule has 42 valence electrons. The molecule has 0 bridgehead atoms. The third-order valence-corrected chi connectivity index (χ3v) is 1.45. The van der Waals surface area contributed by atoms with E-state index in [0.717, 1.165) is 5.57 Å². The first-order valence-electron chi connectivity index (χ1n) is 2.47. The van der Waals surface area contributed by atoms with E-state index in [4.69, 9.17) is 9.47 Å². The smallest absolute Gasteiger partial charge is 0.252 e. The molecule has 2 aliphatic heterocycles. The molecule has 0 aromatic heterocycles. The quantitative estimate of drug-likeness (QED) is 0.388. The molecular weight excluding hydrogens is 104 g/mol. The molecule has 0 aliphatic carbocycles. The van der Waals surface area contributed by atoms with Crippen molar-refractivity contribution in [1.82, 2.24) is 0 Å². The zero-order valence-corrected chi connectivity index (χ0v) is 4.39. The van der Waals surface area contributed by atoms with E-state index in [1.165, 1.54) is 0 Å². The predicted octanol–water partition coefficient (Wildman–Crippen LogP) is 0.811. The van der Waals surface area contributed by atoms with Gasteiger partial charge in [0.2, 0.25) is 6.29 Å². The molecule has 0 aromatic carbocycles. The van der Waals surface area contributed by atoms with Gasteiger partial charge in [0.1, 0.15) is 0 Å². The number of ether oxygens (including phenoxy) is 2. The maximum Gasteiger partial charge on any atom is 0.252 e.